The van der Waals surface area contributed by atoms with Crippen LogP contribution in [-0.2, 0) is 11.3 Å². The second kappa shape index (κ2) is 7.14. The van der Waals surface area contributed by atoms with Crippen molar-refractivity contribution in [1.29, 1.82) is 0 Å². The average Bonchev–Trinajstić information content (AvgIpc) is 2.44. The van der Waals surface area contributed by atoms with Crippen LogP contribution in [-0.4, -0.2) is 31.0 Å². The van der Waals surface area contributed by atoms with Crippen molar-refractivity contribution in [3.8, 4) is 11.5 Å². The van der Waals surface area contributed by atoms with Gasteiger partial charge in [-0.2, -0.15) is 0 Å². The monoisotopic (exact) mass is 294 g/mol. The Morgan fingerprint density at radius 1 is 1.43 bits per heavy atom. The molecule has 0 spiro atoms. The van der Waals surface area contributed by atoms with Gasteiger partial charge in [-0.3, -0.25) is 0 Å². The number of aromatic hydroxyl groups is 1. The van der Waals surface area contributed by atoms with Gasteiger partial charge in [0.05, 0.1) is 19.3 Å². The maximum absolute atomic E-state index is 9.58. The van der Waals surface area contributed by atoms with E-state index in [1.54, 1.807) is 13.2 Å². The SMILES string of the molecule is COc1cc(C[NH2+]CCC2CCOC(C)(C)C2)ccc1O. The minimum absolute atomic E-state index is 0.0488. The van der Waals surface area contributed by atoms with Gasteiger partial charge in [-0.25, -0.2) is 0 Å². The molecule has 21 heavy (non-hydrogen) atoms. The molecule has 0 radical (unpaired) electrons. The van der Waals surface area contributed by atoms with E-state index in [9.17, 15) is 5.11 Å². The summed E-state index contributed by atoms with van der Waals surface area (Å²) in [6.07, 6.45) is 3.58. The Hall–Kier alpha value is -1.26. The number of hydrogen-bond donors (Lipinski definition) is 2. The lowest BCUT2D eigenvalue weighted by Crippen LogP contribution is -2.82. The summed E-state index contributed by atoms with van der Waals surface area (Å²) in [5.74, 6) is 1.53. The van der Waals surface area contributed by atoms with E-state index in [2.05, 4.69) is 19.2 Å². The molecule has 0 amide bonds. The fourth-order valence-electron chi connectivity index (χ4n) is 3.08. The van der Waals surface area contributed by atoms with Gasteiger partial charge in [-0.15, -0.1) is 0 Å². The van der Waals surface area contributed by atoms with Crippen molar-refractivity contribution in [1.82, 2.24) is 0 Å². The van der Waals surface area contributed by atoms with E-state index in [1.807, 2.05) is 12.1 Å². The molecule has 1 fully saturated rings. The van der Waals surface area contributed by atoms with Crippen molar-refractivity contribution in [2.75, 3.05) is 20.3 Å². The Balaban J connectivity index is 1.72. The molecule has 1 unspecified atom stereocenters. The van der Waals surface area contributed by atoms with Gasteiger partial charge in [0, 0.05) is 12.2 Å². The van der Waals surface area contributed by atoms with Gasteiger partial charge in [0.25, 0.3) is 0 Å². The molecule has 0 aromatic heterocycles. The standard InChI is InChI=1S/C17H27NO3/c1-17(2)11-13(7-9-21-17)6-8-18-12-14-4-5-15(19)16(10-14)20-3/h4-5,10,13,18-19H,6-9,11-12H2,1-3H3/p+1. The third-order valence-electron chi connectivity index (χ3n) is 4.20. The second-order valence-corrected chi connectivity index (χ2v) is 6.54. The maximum atomic E-state index is 9.58. The smallest absolute Gasteiger partial charge is 0.160 e. The number of benzene rings is 1. The number of quaternary nitrogens is 1. The van der Waals surface area contributed by atoms with Crippen LogP contribution >= 0.6 is 0 Å². The summed E-state index contributed by atoms with van der Waals surface area (Å²) >= 11 is 0. The van der Waals surface area contributed by atoms with Gasteiger partial charge < -0.3 is 19.9 Å². The Morgan fingerprint density at radius 3 is 2.95 bits per heavy atom. The summed E-state index contributed by atoms with van der Waals surface area (Å²) in [6.45, 7) is 7.32. The van der Waals surface area contributed by atoms with Crippen molar-refractivity contribution in [2.45, 2.75) is 45.3 Å². The number of phenols is 1. The molecule has 2 rings (SSSR count). The number of nitrogens with two attached hydrogens (primary N) is 1. The maximum Gasteiger partial charge on any atom is 0.160 e. The van der Waals surface area contributed by atoms with Crippen LogP contribution in [0.3, 0.4) is 0 Å². The molecule has 118 valence electrons. The molecule has 4 heteroatoms. The van der Waals surface area contributed by atoms with Crippen LogP contribution in [0.1, 0.15) is 38.7 Å². The molecule has 1 atom stereocenters. The predicted molar refractivity (Wildman–Crippen MR) is 82.5 cm³/mol. The van der Waals surface area contributed by atoms with Crippen molar-refractivity contribution in [2.24, 2.45) is 5.92 Å². The molecular weight excluding hydrogens is 266 g/mol. The van der Waals surface area contributed by atoms with Gasteiger partial charge in [-0.05, 0) is 57.2 Å². The van der Waals surface area contributed by atoms with E-state index in [1.165, 1.54) is 18.4 Å². The second-order valence-electron chi connectivity index (χ2n) is 6.54. The molecule has 0 aliphatic carbocycles. The normalized spacial score (nSPS) is 21.2. The van der Waals surface area contributed by atoms with Crippen LogP contribution in [0, 0.1) is 5.92 Å². The zero-order valence-electron chi connectivity index (χ0n) is 13.4. The topological polar surface area (TPSA) is 55.3 Å². The van der Waals surface area contributed by atoms with Crippen LogP contribution < -0.4 is 10.1 Å². The first-order valence-electron chi connectivity index (χ1n) is 7.82. The molecule has 4 nitrogen and oxygen atoms in total. The lowest BCUT2D eigenvalue weighted by Gasteiger charge is -2.35. The van der Waals surface area contributed by atoms with Crippen LogP contribution in [0.5, 0.6) is 11.5 Å². The summed E-state index contributed by atoms with van der Waals surface area (Å²) in [7, 11) is 1.58. The largest absolute Gasteiger partial charge is 0.504 e. The van der Waals surface area contributed by atoms with Crippen molar-refractivity contribution in [3.63, 3.8) is 0 Å². The highest BCUT2D eigenvalue weighted by Crippen LogP contribution is 2.30. The van der Waals surface area contributed by atoms with Gasteiger partial charge in [0.15, 0.2) is 11.5 Å². The van der Waals surface area contributed by atoms with Crippen molar-refractivity contribution in [3.05, 3.63) is 23.8 Å². The lowest BCUT2D eigenvalue weighted by atomic mass is 9.86. The summed E-state index contributed by atoms with van der Waals surface area (Å²) in [5, 5.41) is 11.9. The molecule has 1 aromatic rings. The third kappa shape index (κ3) is 4.90. The number of phenolic OH excluding ortho intramolecular Hbond substituents is 1. The van der Waals surface area contributed by atoms with Crippen LogP contribution in [0.4, 0.5) is 0 Å². The van der Waals surface area contributed by atoms with Gasteiger partial charge >= 0.3 is 0 Å². The number of rotatable bonds is 6. The minimum Gasteiger partial charge on any atom is -0.504 e. The van der Waals surface area contributed by atoms with Crippen LogP contribution in [0.25, 0.3) is 0 Å². The number of methoxy groups -OCH3 is 1. The highest BCUT2D eigenvalue weighted by Gasteiger charge is 2.28. The molecule has 3 N–H and O–H groups in total. The zero-order chi connectivity index (χ0) is 15.3. The van der Waals surface area contributed by atoms with Crippen LogP contribution in [0.2, 0.25) is 0 Å². The average molecular weight is 294 g/mol. The Labute approximate surface area is 127 Å². The van der Waals surface area contributed by atoms with Gasteiger partial charge in [-0.1, -0.05) is 0 Å². The first-order valence-corrected chi connectivity index (χ1v) is 7.82. The van der Waals surface area contributed by atoms with Gasteiger partial charge in [0.2, 0.25) is 0 Å². The molecule has 1 aromatic carbocycles. The van der Waals surface area contributed by atoms with E-state index < -0.39 is 0 Å². The van der Waals surface area contributed by atoms with E-state index in [-0.39, 0.29) is 11.4 Å². The Kier molecular flexibility index (Phi) is 5.48. The van der Waals surface area contributed by atoms with E-state index in [0.717, 1.165) is 32.0 Å². The fraction of sp³-hybridized carbons (Fsp3) is 0.647. The summed E-state index contributed by atoms with van der Waals surface area (Å²) in [4.78, 5) is 0. The lowest BCUT2D eigenvalue weighted by molar-refractivity contribution is -0.671. The zero-order valence-corrected chi connectivity index (χ0v) is 13.4. The summed E-state index contributed by atoms with van der Waals surface area (Å²) in [6, 6.07) is 5.55. The predicted octanol–water partition coefficient (Wildman–Crippen LogP) is 2.06. The quantitative estimate of drug-likeness (QED) is 0.790. The Bertz CT molecular complexity index is 459. The minimum atomic E-state index is 0.0488. The number of ether oxygens (including phenoxy) is 2. The third-order valence-corrected chi connectivity index (χ3v) is 4.20. The Morgan fingerprint density at radius 2 is 2.24 bits per heavy atom. The summed E-state index contributed by atoms with van der Waals surface area (Å²) < 4.78 is 10.9. The highest BCUT2D eigenvalue weighted by molar-refractivity contribution is 5.41. The van der Waals surface area contributed by atoms with Crippen molar-refractivity contribution < 1.29 is 19.9 Å². The van der Waals surface area contributed by atoms with E-state index >= 15 is 0 Å². The number of hydrogen-bond acceptors (Lipinski definition) is 3. The first-order chi connectivity index (χ1) is 10.00. The van der Waals surface area contributed by atoms with E-state index in [4.69, 9.17) is 9.47 Å². The summed E-state index contributed by atoms with van der Waals surface area (Å²) in [5.41, 5.74) is 1.23. The first kappa shape index (κ1) is 16.1. The van der Waals surface area contributed by atoms with E-state index in [0.29, 0.717) is 5.75 Å². The molecule has 1 saturated heterocycles. The highest BCUT2D eigenvalue weighted by atomic mass is 16.5. The fourth-order valence-corrected chi connectivity index (χ4v) is 3.08. The molecule has 1 aliphatic rings. The van der Waals surface area contributed by atoms with Crippen LogP contribution in [0.15, 0.2) is 18.2 Å². The molecule has 1 aliphatic heterocycles. The van der Waals surface area contributed by atoms with Crippen molar-refractivity contribution >= 4 is 0 Å². The molecular formula is C17H28NO3+. The van der Waals surface area contributed by atoms with Gasteiger partial charge in [0.1, 0.15) is 6.54 Å². The molecule has 1 heterocycles. The molecule has 0 bridgehead atoms. The molecule has 0 saturated carbocycles.